The number of carbonyl (C=O) groups is 2. The van der Waals surface area contributed by atoms with Crippen molar-refractivity contribution in [1.29, 1.82) is 0 Å². The van der Waals surface area contributed by atoms with Crippen LogP contribution in [0.25, 0.3) is 6.08 Å². The molecular weight excluding hydrogens is 308 g/mol. The third kappa shape index (κ3) is 5.41. The lowest BCUT2D eigenvalue weighted by molar-refractivity contribution is -0.126. The number of hydrogen-bond donors (Lipinski definition) is 2. The molecule has 108 valence electrons. The summed E-state index contributed by atoms with van der Waals surface area (Å²) in [5.41, 5.74) is 5.51. The lowest BCUT2D eigenvalue weighted by Crippen LogP contribution is -2.41. The molecule has 1 aromatic heterocycles. The maximum Gasteiger partial charge on any atom is 0.262 e. The van der Waals surface area contributed by atoms with Crippen molar-refractivity contribution in [2.75, 3.05) is 0 Å². The molecule has 0 atom stereocenters. The second-order valence-electron chi connectivity index (χ2n) is 4.19. The lowest BCUT2D eigenvalue weighted by Gasteiger charge is -2.05. The summed E-state index contributed by atoms with van der Waals surface area (Å²) in [4.78, 5) is 24.1. The Morgan fingerprint density at radius 3 is 2.57 bits per heavy atom. The Morgan fingerprint density at radius 1 is 1.14 bits per heavy atom. The van der Waals surface area contributed by atoms with Crippen LogP contribution >= 0.6 is 22.9 Å². The van der Waals surface area contributed by atoms with Gasteiger partial charge in [0.2, 0.25) is 5.91 Å². The molecule has 0 spiro atoms. The Morgan fingerprint density at radius 2 is 1.90 bits per heavy atom. The van der Waals surface area contributed by atoms with Crippen LogP contribution in [-0.4, -0.2) is 11.8 Å². The predicted molar refractivity (Wildman–Crippen MR) is 84.8 cm³/mol. The highest BCUT2D eigenvalue weighted by Gasteiger charge is 2.04. The van der Waals surface area contributed by atoms with E-state index < -0.39 is 0 Å². The molecule has 2 N–H and O–H groups in total. The number of hydrogen-bond acceptors (Lipinski definition) is 3. The number of nitrogens with one attached hydrogen (secondary N) is 2. The van der Waals surface area contributed by atoms with Crippen molar-refractivity contribution in [1.82, 2.24) is 10.9 Å². The van der Waals surface area contributed by atoms with E-state index in [0.29, 0.717) is 5.02 Å². The van der Waals surface area contributed by atoms with Crippen LogP contribution < -0.4 is 10.9 Å². The van der Waals surface area contributed by atoms with Gasteiger partial charge in [-0.25, -0.2) is 0 Å². The van der Waals surface area contributed by atoms with Gasteiger partial charge in [-0.3, -0.25) is 20.4 Å². The van der Waals surface area contributed by atoms with Gasteiger partial charge >= 0.3 is 0 Å². The molecule has 6 heteroatoms. The highest BCUT2D eigenvalue weighted by Crippen LogP contribution is 2.10. The van der Waals surface area contributed by atoms with Crippen molar-refractivity contribution in [2.24, 2.45) is 0 Å². The van der Waals surface area contributed by atoms with E-state index in [-0.39, 0.29) is 18.2 Å². The highest BCUT2D eigenvalue weighted by molar-refractivity contribution is 7.10. The topological polar surface area (TPSA) is 58.2 Å². The first-order valence-corrected chi connectivity index (χ1v) is 7.44. The van der Waals surface area contributed by atoms with Gasteiger partial charge in [-0.15, -0.1) is 11.3 Å². The normalized spacial score (nSPS) is 10.5. The van der Waals surface area contributed by atoms with Crippen LogP contribution in [0.4, 0.5) is 0 Å². The molecule has 0 aliphatic carbocycles. The number of thiophene rings is 1. The van der Waals surface area contributed by atoms with Crippen LogP contribution in [0.2, 0.25) is 5.02 Å². The average Bonchev–Trinajstić information content (AvgIpc) is 2.99. The number of carbonyl (C=O) groups excluding carboxylic acids is 2. The lowest BCUT2D eigenvalue weighted by atomic mass is 10.1. The van der Waals surface area contributed by atoms with E-state index in [2.05, 4.69) is 10.9 Å². The van der Waals surface area contributed by atoms with Crippen LogP contribution in [0.5, 0.6) is 0 Å². The van der Waals surface area contributed by atoms with Crippen molar-refractivity contribution < 1.29 is 9.59 Å². The molecule has 0 aliphatic rings. The molecule has 0 saturated carbocycles. The summed E-state index contributed by atoms with van der Waals surface area (Å²) >= 11 is 7.29. The number of benzene rings is 1. The highest BCUT2D eigenvalue weighted by atomic mass is 35.5. The predicted octanol–water partition coefficient (Wildman–Crippen LogP) is 2.80. The van der Waals surface area contributed by atoms with E-state index in [0.717, 1.165) is 10.4 Å². The van der Waals surface area contributed by atoms with Gasteiger partial charge in [0.1, 0.15) is 0 Å². The summed E-state index contributed by atoms with van der Waals surface area (Å²) in [5, 5.41) is 2.54. The minimum Gasteiger partial charge on any atom is -0.273 e. The van der Waals surface area contributed by atoms with Gasteiger partial charge in [0.15, 0.2) is 0 Å². The molecule has 4 nitrogen and oxygen atoms in total. The van der Waals surface area contributed by atoms with E-state index in [9.17, 15) is 9.59 Å². The standard InChI is InChI=1S/C15H13ClN2O2S/c16-12-5-3-11(4-6-12)10-15(20)18-17-14(19)8-7-13-2-1-9-21-13/h1-9H,10H2,(H,17,19)(H,18,20). The summed E-state index contributed by atoms with van der Waals surface area (Å²) < 4.78 is 0. The molecule has 1 heterocycles. The third-order valence-electron chi connectivity index (χ3n) is 2.55. The van der Waals surface area contributed by atoms with Gasteiger partial charge in [-0.1, -0.05) is 29.8 Å². The van der Waals surface area contributed by atoms with Crippen molar-refractivity contribution in [2.45, 2.75) is 6.42 Å². The maximum absolute atomic E-state index is 11.7. The Bertz CT molecular complexity index is 636. The number of rotatable bonds is 4. The number of hydrazine groups is 1. The second-order valence-corrected chi connectivity index (χ2v) is 5.61. The summed E-state index contributed by atoms with van der Waals surface area (Å²) in [6, 6.07) is 10.8. The fraction of sp³-hybridized carbons (Fsp3) is 0.0667. The fourth-order valence-electron chi connectivity index (χ4n) is 1.55. The van der Waals surface area contributed by atoms with E-state index in [1.165, 1.54) is 17.4 Å². The second kappa shape index (κ2) is 7.61. The molecule has 0 unspecified atom stereocenters. The maximum atomic E-state index is 11.7. The molecule has 0 fully saturated rings. The van der Waals surface area contributed by atoms with Gasteiger partial charge < -0.3 is 0 Å². The van der Waals surface area contributed by atoms with Gasteiger partial charge in [-0.2, -0.15) is 0 Å². The fourth-order valence-corrected chi connectivity index (χ4v) is 2.29. The summed E-state index contributed by atoms with van der Waals surface area (Å²) in [6.07, 6.45) is 3.23. The summed E-state index contributed by atoms with van der Waals surface area (Å²) in [5.74, 6) is -0.678. The van der Waals surface area contributed by atoms with Crippen LogP contribution in [0.15, 0.2) is 47.9 Å². The minimum absolute atomic E-state index is 0.173. The SMILES string of the molecule is O=C(C=Cc1cccs1)NNC(=O)Cc1ccc(Cl)cc1. The van der Waals surface area contributed by atoms with E-state index in [1.807, 2.05) is 17.5 Å². The zero-order chi connectivity index (χ0) is 15.1. The Labute approximate surface area is 131 Å². The van der Waals surface area contributed by atoms with E-state index >= 15 is 0 Å². The van der Waals surface area contributed by atoms with Gasteiger partial charge in [-0.05, 0) is 35.2 Å². The zero-order valence-corrected chi connectivity index (χ0v) is 12.6. The van der Waals surface area contributed by atoms with Gasteiger partial charge in [0.05, 0.1) is 6.42 Å². The Balaban J connectivity index is 1.75. The van der Waals surface area contributed by atoms with Crippen LogP contribution in [-0.2, 0) is 16.0 Å². The quantitative estimate of drug-likeness (QED) is 0.672. The largest absolute Gasteiger partial charge is 0.273 e. The van der Waals surface area contributed by atoms with Crippen LogP contribution in [0.1, 0.15) is 10.4 Å². The first kappa shape index (κ1) is 15.3. The monoisotopic (exact) mass is 320 g/mol. The van der Waals surface area contributed by atoms with Crippen molar-refractivity contribution in [3.8, 4) is 0 Å². The minimum atomic E-state index is -0.382. The molecule has 21 heavy (non-hydrogen) atoms. The smallest absolute Gasteiger partial charge is 0.262 e. The van der Waals surface area contributed by atoms with Crippen molar-refractivity contribution >= 4 is 40.8 Å². The molecule has 1 aromatic carbocycles. The van der Waals surface area contributed by atoms with E-state index in [4.69, 9.17) is 11.6 Å². The Kier molecular flexibility index (Phi) is 5.54. The summed E-state index contributed by atoms with van der Waals surface area (Å²) in [6.45, 7) is 0. The molecule has 0 aliphatic heterocycles. The average molecular weight is 321 g/mol. The molecule has 0 saturated heterocycles. The van der Waals surface area contributed by atoms with Crippen LogP contribution in [0.3, 0.4) is 0 Å². The van der Waals surface area contributed by atoms with E-state index in [1.54, 1.807) is 30.3 Å². The molecule has 0 bridgehead atoms. The summed E-state index contributed by atoms with van der Waals surface area (Å²) in [7, 11) is 0. The Hall–Kier alpha value is -2.11. The first-order chi connectivity index (χ1) is 10.1. The molecule has 2 amide bonds. The molecule has 2 rings (SSSR count). The first-order valence-electron chi connectivity index (χ1n) is 6.18. The van der Waals surface area contributed by atoms with Gasteiger partial charge in [0.25, 0.3) is 5.91 Å². The zero-order valence-electron chi connectivity index (χ0n) is 11.0. The van der Waals surface area contributed by atoms with Gasteiger partial charge in [0, 0.05) is 16.0 Å². The van der Waals surface area contributed by atoms with Crippen molar-refractivity contribution in [3.05, 3.63) is 63.3 Å². The molecule has 2 aromatic rings. The molecular formula is C15H13ClN2O2S. The molecule has 0 radical (unpaired) electrons. The van der Waals surface area contributed by atoms with Crippen LogP contribution in [0, 0.1) is 0 Å². The number of halogens is 1. The van der Waals surface area contributed by atoms with Crippen molar-refractivity contribution in [3.63, 3.8) is 0 Å². The number of amides is 2. The third-order valence-corrected chi connectivity index (χ3v) is 3.63.